The fourth-order valence-corrected chi connectivity index (χ4v) is 2.81. The van der Waals surface area contributed by atoms with Gasteiger partial charge in [-0.1, -0.05) is 11.8 Å². The third kappa shape index (κ3) is 4.04. The maximum atomic E-state index is 12.1. The van der Waals surface area contributed by atoms with Crippen molar-refractivity contribution in [3.8, 4) is 0 Å². The lowest BCUT2D eigenvalue weighted by Gasteiger charge is -2.11. The summed E-state index contributed by atoms with van der Waals surface area (Å²) in [4.78, 5) is 12.1. The maximum Gasteiger partial charge on any atom is 0.233 e. The Kier molecular flexibility index (Phi) is 4.82. The topological polar surface area (TPSA) is 86.1 Å². The summed E-state index contributed by atoms with van der Waals surface area (Å²) in [6.45, 7) is 2.73. The lowest BCUT2D eigenvalue weighted by atomic mass is 10.4. The van der Waals surface area contributed by atoms with Crippen molar-refractivity contribution in [3.05, 3.63) is 54.6 Å². The largest absolute Gasteiger partial charge is 0.467 e. The number of thioether (sulfide) groups is 1. The second-order valence-electron chi connectivity index (χ2n) is 4.88. The molecule has 120 valence electrons. The molecule has 0 saturated heterocycles. The molecular weight excluding hydrogens is 316 g/mol. The Bertz CT molecular complexity index is 737. The molecule has 7 nitrogen and oxygen atoms in total. The molecule has 1 unspecified atom stereocenters. The number of hydrogen-bond acceptors (Lipinski definition) is 6. The summed E-state index contributed by atoms with van der Waals surface area (Å²) in [7, 11) is 0. The normalized spacial score (nSPS) is 12.2. The third-order valence-electron chi connectivity index (χ3n) is 3.15. The molecule has 3 rings (SSSR count). The number of amides is 1. The van der Waals surface area contributed by atoms with Crippen LogP contribution in [0.1, 0.15) is 18.4 Å². The highest BCUT2D eigenvalue weighted by Gasteiger charge is 2.18. The lowest BCUT2D eigenvalue weighted by molar-refractivity contribution is -0.120. The van der Waals surface area contributed by atoms with Crippen molar-refractivity contribution >= 4 is 17.7 Å². The monoisotopic (exact) mass is 332 g/mol. The molecule has 0 saturated carbocycles. The van der Waals surface area contributed by atoms with E-state index in [2.05, 4.69) is 15.5 Å². The molecule has 8 heteroatoms. The van der Waals surface area contributed by atoms with Crippen LogP contribution in [-0.2, 0) is 17.9 Å². The Morgan fingerprint density at radius 1 is 1.30 bits per heavy atom. The zero-order chi connectivity index (χ0) is 16.1. The first-order valence-electron chi connectivity index (χ1n) is 7.09. The van der Waals surface area contributed by atoms with Crippen LogP contribution in [0.15, 0.2) is 57.1 Å². The van der Waals surface area contributed by atoms with Gasteiger partial charge in [-0.15, -0.1) is 10.2 Å². The number of nitrogens with zero attached hydrogens (tertiary/aromatic N) is 3. The average Bonchev–Trinajstić information content (AvgIpc) is 3.28. The van der Waals surface area contributed by atoms with Gasteiger partial charge in [-0.2, -0.15) is 0 Å². The third-order valence-corrected chi connectivity index (χ3v) is 4.25. The SMILES string of the molecule is CC(Sc1nncn1Cc1ccco1)C(=O)NCc1ccco1. The predicted octanol–water partition coefficient (Wildman–Crippen LogP) is 2.31. The predicted molar refractivity (Wildman–Crippen MR) is 83.7 cm³/mol. The number of carbonyl (C=O) groups is 1. The van der Waals surface area contributed by atoms with Crippen molar-refractivity contribution in [1.29, 1.82) is 0 Å². The van der Waals surface area contributed by atoms with Crippen LogP contribution < -0.4 is 5.32 Å². The Morgan fingerprint density at radius 2 is 2.04 bits per heavy atom. The van der Waals surface area contributed by atoms with E-state index in [0.717, 1.165) is 11.5 Å². The summed E-state index contributed by atoms with van der Waals surface area (Å²) in [5.41, 5.74) is 0. The van der Waals surface area contributed by atoms with E-state index in [-0.39, 0.29) is 11.2 Å². The quantitative estimate of drug-likeness (QED) is 0.668. The zero-order valence-corrected chi connectivity index (χ0v) is 13.3. The number of aromatic nitrogens is 3. The first-order chi connectivity index (χ1) is 11.2. The van der Waals surface area contributed by atoms with E-state index >= 15 is 0 Å². The molecule has 0 aliphatic carbocycles. The molecule has 1 N–H and O–H groups in total. The van der Waals surface area contributed by atoms with Gasteiger partial charge >= 0.3 is 0 Å². The summed E-state index contributed by atoms with van der Waals surface area (Å²) in [6.07, 6.45) is 4.83. The van der Waals surface area contributed by atoms with Crippen molar-refractivity contribution in [2.24, 2.45) is 0 Å². The number of nitrogens with one attached hydrogen (secondary N) is 1. The number of hydrogen-bond donors (Lipinski definition) is 1. The summed E-state index contributed by atoms with van der Waals surface area (Å²) in [6, 6.07) is 7.32. The van der Waals surface area contributed by atoms with E-state index in [1.165, 1.54) is 11.8 Å². The Hall–Kier alpha value is -2.48. The van der Waals surface area contributed by atoms with Crippen LogP contribution in [0, 0.1) is 0 Å². The van der Waals surface area contributed by atoms with Crippen LogP contribution in [0.4, 0.5) is 0 Å². The first kappa shape index (κ1) is 15.4. The molecule has 0 aliphatic rings. The van der Waals surface area contributed by atoms with Gasteiger partial charge in [0.1, 0.15) is 17.8 Å². The molecule has 23 heavy (non-hydrogen) atoms. The van der Waals surface area contributed by atoms with Gasteiger partial charge in [0.2, 0.25) is 5.91 Å². The molecule has 0 spiro atoms. The van der Waals surface area contributed by atoms with E-state index < -0.39 is 0 Å². The van der Waals surface area contributed by atoms with Crippen molar-refractivity contribution in [2.75, 3.05) is 0 Å². The Balaban J connectivity index is 1.56. The summed E-state index contributed by atoms with van der Waals surface area (Å²) < 4.78 is 12.4. The second-order valence-corrected chi connectivity index (χ2v) is 6.19. The summed E-state index contributed by atoms with van der Waals surface area (Å²) in [5, 5.41) is 11.2. The second kappa shape index (κ2) is 7.19. The number of carbonyl (C=O) groups excluding carboxylic acids is 1. The standard InChI is InChI=1S/C15H16N4O3S/c1-11(14(20)16-8-12-4-2-6-21-12)23-15-18-17-10-19(15)9-13-5-3-7-22-13/h2-7,10-11H,8-9H2,1H3,(H,16,20). The average molecular weight is 332 g/mol. The van der Waals surface area contributed by atoms with Crippen molar-refractivity contribution in [1.82, 2.24) is 20.1 Å². The van der Waals surface area contributed by atoms with E-state index in [1.807, 2.05) is 29.7 Å². The summed E-state index contributed by atoms with van der Waals surface area (Å²) >= 11 is 1.35. The zero-order valence-electron chi connectivity index (χ0n) is 12.5. The Labute approximate surface area is 137 Å². The molecule has 0 radical (unpaired) electrons. The van der Waals surface area contributed by atoms with Gasteiger partial charge in [0.05, 0.1) is 30.9 Å². The van der Waals surface area contributed by atoms with Crippen LogP contribution in [-0.4, -0.2) is 25.9 Å². The molecule has 3 aromatic rings. The van der Waals surface area contributed by atoms with Gasteiger partial charge in [0.25, 0.3) is 0 Å². The van der Waals surface area contributed by atoms with Gasteiger partial charge < -0.3 is 18.7 Å². The summed E-state index contributed by atoms with van der Waals surface area (Å²) in [5.74, 6) is 1.44. The minimum absolute atomic E-state index is 0.0843. The van der Waals surface area contributed by atoms with Crippen LogP contribution in [0.3, 0.4) is 0 Å². The smallest absolute Gasteiger partial charge is 0.233 e. The van der Waals surface area contributed by atoms with Crippen LogP contribution in [0.25, 0.3) is 0 Å². The highest BCUT2D eigenvalue weighted by atomic mass is 32.2. The molecule has 0 aliphatic heterocycles. The molecule has 0 bridgehead atoms. The molecule has 0 aromatic carbocycles. The van der Waals surface area contributed by atoms with Crippen LogP contribution in [0.5, 0.6) is 0 Å². The molecule has 3 heterocycles. The fraction of sp³-hybridized carbons (Fsp3) is 0.267. The van der Waals surface area contributed by atoms with E-state index in [1.54, 1.807) is 24.9 Å². The van der Waals surface area contributed by atoms with E-state index in [0.29, 0.717) is 18.2 Å². The molecule has 3 aromatic heterocycles. The van der Waals surface area contributed by atoms with Crippen LogP contribution in [0.2, 0.25) is 0 Å². The Morgan fingerprint density at radius 3 is 2.74 bits per heavy atom. The van der Waals surface area contributed by atoms with Crippen molar-refractivity contribution < 1.29 is 13.6 Å². The molecule has 0 fully saturated rings. The van der Waals surface area contributed by atoms with Gasteiger partial charge in [0, 0.05) is 0 Å². The van der Waals surface area contributed by atoms with Crippen LogP contribution >= 0.6 is 11.8 Å². The van der Waals surface area contributed by atoms with Gasteiger partial charge in [-0.3, -0.25) is 4.79 Å². The van der Waals surface area contributed by atoms with E-state index in [4.69, 9.17) is 8.83 Å². The van der Waals surface area contributed by atoms with Gasteiger partial charge in [0.15, 0.2) is 5.16 Å². The highest BCUT2D eigenvalue weighted by Crippen LogP contribution is 2.22. The van der Waals surface area contributed by atoms with Crippen molar-refractivity contribution in [2.45, 2.75) is 30.4 Å². The molecular formula is C15H16N4O3S. The van der Waals surface area contributed by atoms with Gasteiger partial charge in [-0.25, -0.2) is 0 Å². The minimum atomic E-state index is -0.301. The molecule has 1 atom stereocenters. The fourth-order valence-electron chi connectivity index (χ4n) is 1.96. The van der Waals surface area contributed by atoms with Gasteiger partial charge in [-0.05, 0) is 31.2 Å². The molecule has 1 amide bonds. The number of rotatable bonds is 7. The highest BCUT2D eigenvalue weighted by molar-refractivity contribution is 8.00. The van der Waals surface area contributed by atoms with Crippen molar-refractivity contribution in [3.63, 3.8) is 0 Å². The van der Waals surface area contributed by atoms with E-state index in [9.17, 15) is 4.79 Å². The minimum Gasteiger partial charge on any atom is -0.467 e. The lowest BCUT2D eigenvalue weighted by Crippen LogP contribution is -2.30. The number of furan rings is 2. The maximum absolute atomic E-state index is 12.1. The first-order valence-corrected chi connectivity index (χ1v) is 7.97.